The maximum Gasteiger partial charge on any atom is 0.309 e. The van der Waals surface area contributed by atoms with Crippen LogP contribution in [-0.2, 0) is 9.53 Å². The third-order valence-corrected chi connectivity index (χ3v) is 6.18. The molecule has 0 unspecified atom stereocenters. The smallest absolute Gasteiger partial charge is 0.309 e. The fraction of sp³-hybridized carbons (Fsp3) is 0.567. The molecule has 0 aliphatic carbocycles. The van der Waals surface area contributed by atoms with Crippen LogP contribution in [0.4, 0.5) is 0 Å². The first-order valence-corrected chi connectivity index (χ1v) is 13.0. The number of esters is 1. The Kier molecular flexibility index (Phi) is 13.5. The third-order valence-electron chi connectivity index (χ3n) is 6.18. The number of aliphatic hydroxyl groups excluding tert-OH is 1. The number of rotatable bonds is 17. The van der Waals surface area contributed by atoms with Crippen molar-refractivity contribution in [1.82, 2.24) is 0 Å². The lowest BCUT2D eigenvalue weighted by Crippen LogP contribution is -2.19. The number of benzene rings is 2. The lowest BCUT2D eigenvalue weighted by atomic mass is 10.0. The highest BCUT2D eigenvalue weighted by molar-refractivity contribution is 5.70. The van der Waals surface area contributed by atoms with E-state index in [0.29, 0.717) is 6.42 Å². The van der Waals surface area contributed by atoms with Gasteiger partial charge >= 0.3 is 5.97 Å². The molecule has 0 spiro atoms. The van der Waals surface area contributed by atoms with Gasteiger partial charge in [-0.1, -0.05) is 139 Å². The van der Waals surface area contributed by atoms with E-state index in [4.69, 9.17) is 4.74 Å². The summed E-state index contributed by atoms with van der Waals surface area (Å²) in [6.07, 6.45) is 12.3. The monoisotopic (exact) mass is 452 g/mol. The van der Waals surface area contributed by atoms with Crippen molar-refractivity contribution in [3.63, 3.8) is 0 Å². The van der Waals surface area contributed by atoms with Gasteiger partial charge in [0.25, 0.3) is 0 Å². The number of carbonyl (C=O) groups is 1. The van der Waals surface area contributed by atoms with Crippen molar-refractivity contribution in [1.29, 1.82) is 0 Å². The molecule has 3 heteroatoms. The largest absolute Gasteiger partial charge is 0.452 e. The first-order valence-electron chi connectivity index (χ1n) is 13.0. The summed E-state index contributed by atoms with van der Waals surface area (Å²) in [5, 5.41) is 10.3. The van der Waals surface area contributed by atoms with Crippen LogP contribution in [0.25, 0.3) is 0 Å². The molecule has 0 bridgehead atoms. The lowest BCUT2D eigenvalue weighted by molar-refractivity contribution is -0.149. The molecule has 0 aliphatic heterocycles. The molecule has 2 aromatic carbocycles. The van der Waals surface area contributed by atoms with E-state index in [1.54, 1.807) is 0 Å². The molecular formula is C30H44O3. The molecule has 0 aromatic heterocycles. The van der Waals surface area contributed by atoms with Crippen LogP contribution >= 0.6 is 0 Å². The van der Waals surface area contributed by atoms with Gasteiger partial charge in [-0.15, -0.1) is 0 Å². The van der Waals surface area contributed by atoms with Crippen molar-refractivity contribution in [2.45, 2.75) is 103 Å². The maximum absolute atomic E-state index is 12.5. The Bertz CT molecular complexity index is 702. The molecule has 1 atom stereocenters. The second-order valence-corrected chi connectivity index (χ2v) is 9.70. The molecule has 0 saturated carbocycles. The molecule has 0 amide bonds. The number of ether oxygens (including phenoxy) is 1. The first-order chi connectivity index (χ1) is 16.1. The Labute approximate surface area is 201 Å². The van der Waals surface area contributed by atoms with E-state index < -0.39 is 12.2 Å². The van der Waals surface area contributed by atoms with Crippen molar-refractivity contribution >= 4 is 5.97 Å². The number of hydrogen-bond donors (Lipinski definition) is 1. The summed E-state index contributed by atoms with van der Waals surface area (Å²) in [6, 6.07) is 19.5. The number of unbranched alkanes of at least 4 members (excludes halogenated alkanes) is 8. The van der Waals surface area contributed by atoms with Gasteiger partial charge in [0.1, 0.15) is 0 Å². The fourth-order valence-corrected chi connectivity index (χ4v) is 4.23. The van der Waals surface area contributed by atoms with E-state index in [0.717, 1.165) is 29.9 Å². The van der Waals surface area contributed by atoms with Gasteiger partial charge in [0.05, 0.1) is 12.5 Å². The molecule has 33 heavy (non-hydrogen) atoms. The van der Waals surface area contributed by atoms with Gasteiger partial charge in [-0.3, -0.25) is 4.79 Å². The standard InChI is InChI=1S/C30H44O3/c1-25(2)18-12-8-6-4-3-5-7-9-17-23-28(31)24-29(32)33-30(26-19-13-10-14-20-26)27-21-15-11-16-22-27/h10-11,13-16,19-22,25,28,30-31H,3-9,12,17-18,23-24H2,1-2H3/t28-/m0/s1. The van der Waals surface area contributed by atoms with Crippen LogP contribution in [0.3, 0.4) is 0 Å². The Morgan fingerprint density at radius 1 is 0.697 bits per heavy atom. The normalized spacial score (nSPS) is 12.3. The topological polar surface area (TPSA) is 46.5 Å². The molecule has 2 aromatic rings. The van der Waals surface area contributed by atoms with Crippen LogP contribution in [0.1, 0.15) is 108 Å². The predicted molar refractivity (Wildman–Crippen MR) is 137 cm³/mol. The quantitative estimate of drug-likeness (QED) is 0.195. The highest BCUT2D eigenvalue weighted by Gasteiger charge is 2.20. The molecule has 1 N–H and O–H groups in total. The average molecular weight is 453 g/mol. The summed E-state index contributed by atoms with van der Waals surface area (Å²) in [4.78, 5) is 12.5. The van der Waals surface area contributed by atoms with Crippen molar-refractivity contribution in [2.24, 2.45) is 5.92 Å². The van der Waals surface area contributed by atoms with Crippen LogP contribution in [0.15, 0.2) is 60.7 Å². The average Bonchev–Trinajstić information content (AvgIpc) is 2.82. The summed E-state index contributed by atoms with van der Waals surface area (Å²) in [5.74, 6) is 0.481. The van der Waals surface area contributed by atoms with Crippen LogP contribution in [0.5, 0.6) is 0 Å². The van der Waals surface area contributed by atoms with Gasteiger partial charge in [0.2, 0.25) is 0 Å². The lowest BCUT2D eigenvalue weighted by Gasteiger charge is -2.20. The zero-order valence-electron chi connectivity index (χ0n) is 20.8. The third kappa shape index (κ3) is 12.1. The van der Waals surface area contributed by atoms with Gasteiger partial charge in [0.15, 0.2) is 6.10 Å². The number of aliphatic hydroxyl groups is 1. The highest BCUT2D eigenvalue weighted by Crippen LogP contribution is 2.26. The van der Waals surface area contributed by atoms with Gasteiger partial charge in [-0.2, -0.15) is 0 Å². The van der Waals surface area contributed by atoms with E-state index in [1.807, 2.05) is 60.7 Å². The molecule has 3 nitrogen and oxygen atoms in total. The Morgan fingerprint density at radius 3 is 1.58 bits per heavy atom. The summed E-state index contributed by atoms with van der Waals surface area (Å²) < 4.78 is 5.81. The summed E-state index contributed by atoms with van der Waals surface area (Å²) in [7, 11) is 0. The van der Waals surface area contributed by atoms with Crippen molar-refractivity contribution in [3.05, 3.63) is 71.8 Å². The van der Waals surface area contributed by atoms with E-state index >= 15 is 0 Å². The first kappa shape index (κ1) is 27.1. The van der Waals surface area contributed by atoms with Crippen LogP contribution in [-0.4, -0.2) is 17.2 Å². The molecule has 0 fully saturated rings. The van der Waals surface area contributed by atoms with E-state index in [-0.39, 0.29) is 12.4 Å². The van der Waals surface area contributed by atoms with E-state index in [1.165, 1.54) is 51.4 Å². The maximum atomic E-state index is 12.5. The zero-order valence-corrected chi connectivity index (χ0v) is 20.8. The van der Waals surface area contributed by atoms with Gasteiger partial charge in [-0.25, -0.2) is 0 Å². The van der Waals surface area contributed by atoms with Gasteiger partial charge < -0.3 is 9.84 Å². The SMILES string of the molecule is CC(C)CCCCCCCCCCC[C@H](O)CC(=O)OC(c1ccccc1)c1ccccc1. The molecule has 2 rings (SSSR count). The van der Waals surface area contributed by atoms with Crippen LogP contribution in [0.2, 0.25) is 0 Å². The van der Waals surface area contributed by atoms with Crippen molar-refractivity contribution in [3.8, 4) is 0 Å². The molecule has 0 saturated heterocycles. The van der Waals surface area contributed by atoms with E-state index in [9.17, 15) is 9.90 Å². The number of hydrogen-bond acceptors (Lipinski definition) is 3. The fourth-order valence-electron chi connectivity index (χ4n) is 4.23. The van der Waals surface area contributed by atoms with E-state index in [2.05, 4.69) is 13.8 Å². The second kappa shape index (κ2) is 16.5. The Hall–Kier alpha value is -2.13. The zero-order chi connectivity index (χ0) is 23.7. The Balaban J connectivity index is 1.60. The summed E-state index contributed by atoms with van der Waals surface area (Å²) >= 11 is 0. The predicted octanol–water partition coefficient (Wildman–Crippen LogP) is 8.02. The van der Waals surface area contributed by atoms with Crippen molar-refractivity contribution < 1.29 is 14.6 Å². The minimum Gasteiger partial charge on any atom is -0.452 e. The molecule has 0 aliphatic rings. The second-order valence-electron chi connectivity index (χ2n) is 9.70. The number of carbonyl (C=O) groups excluding carboxylic acids is 1. The van der Waals surface area contributed by atoms with Crippen LogP contribution in [0, 0.1) is 5.92 Å². The molecule has 182 valence electrons. The summed E-state index contributed by atoms with van der Waals surface area (Å²) in [6.45, 7) is 4.60. The van der Waals surface area contributed by atoms with Gasteiger partial charge in [-0.05, 0) is 23.5 Å². The molecule has 0 radical (unpaired) electrons. The minimum atomic E-state index is -0.634. The summed E-state index contributed by atoms with van der Waals surface area (Å²) in [5.41, 5.74) is 1.87. The molecule has 0 heterocycles. The van der Waals surface area contributed by atoms with Gasteiger partial charge in [0, 0.05) is 0 Å². The van der Waals surface area contributed by atoms with Crippen LogP contribution < -0.4 is 0 Å². The highest BCUT2D eigenvalue weighted by atomic mass is 16.5. The van der Waals surface area contributed by atoms with Crippen molar-refractivity contribution in [2.75, 3.05) is 0 Å². The molecular weight excluding hydrogens is 408 g/mol. The Morgan fingerprint density at radius 2 is 1.12 bits per heavy atom. The minimum absolute atomic E-state index is 0.0482.